The van der Waals surface area contributed by atoms with E-state index >= 15 is 0 Å². The molecule has 146 valence electrons. The molecule has 3 aromatic heterocycles. The molecule has 0 atom stereocenters. The summed E-state index contributed by atoms with van der Waals surface area (Å²) in [5.74, 6) is 0.699. The molecule has 0 aliphatic carbocycles. The monoisotopic (exact) mass is 424 g/mol. The highest BCUT2D eigenvalue weighted by Crippen LogP contribution is 2.18. The SMILES string of the molecule is C=CCn1c(=S)sc2c(=O)n(Cc3nc(N)nc(Nc4ccccc4)n3)cnc21. The topological polar surface area (TPSA) is 117 Å². The zero-order chi connectivity index (χ0) is 20.4. The summed E-state index contributed by atoms with van der Waals surface area (Å²) < 4.78 is 4.24. The van der Waals surface area contributed by atoms with Crippen molar-refractivity contribution in [3.05, 3.63) is 69.4 Å². The average molecular weight is 425 g/mol. The molecular formula is C18H16N8OS2. The molecule has 0 amide bonds. The molecule has 0 aliphatic heterocycles. The van der Waals surface area contributed by atoms with Gasteiger partial charge in [-0.15, -0.1) is 6.58 Å². The van der Waals surface area contributed by atoms with Crippen LogP contribution in [0.2, 0.25) is 0 Å². The maximum Gasteiger partial charge on any atom is 0.273 e. The Kier molecular flexibility index (Phi) is 5.14. The third-order valence-electron chi connectivity index (χ3n) is 4.00. The van der Waals surface area contributed by atoms with Crippen molar-refractivity contribution in [1.29, 1.82) is 0 Å². The van der Waals surface area contributed by atoms with Gasteiger partial charge in [0.15, 0.2) is 15.4 Å². The van der Waals surface area contributed by atoms with Crippen LogP contribution in [0.3, 0.4) is 0 Å². The number of hydrogen-bond donors (Lipinski definition) is 2. The second kappa shape index (κ2) is 7.89. The normalized spacial score (nSPS) is 10.9. The fraction of sp³-hybridized carbons (Fsp3) is 0.111. The first-order chi connectivity index (χ1) is 14.0. The van der Waals surface area contributed by atoms with Gasteiger partial charge in [0.2, 0.25) is 11.9 Å². The van der Waals surface area contributed by atoms with Gasteiger partial charge < -0.3 is 15.6 Å². The molecule has 0 saturated carbocycles. The summed E-state index contributed by atoms with van der Waals surface area (Å²) in [6.45, 7) is 4.31. The minimum atomic E-state index is -0.217. The Labute approximate surface area is 174 Å². The van der Waals surface area contributed by atoms with Crippen LogP contribution >= 0.6 is 23.6 Å². The van der Waals surface area contributed by atoms with Gasteiger partial charge in [-0.25, -0.2) is 4.98 Å². The van der Waals surface area contributed by atoms with Gasteiger partial charge in [0.1, 0.15) is 11.0 Å². The van der Waals surface area contributed by atoms with E-state index in [0.29, 0.717) is 32.6 Å². The summed E-state index contributed by atoms with van der Waals surface area (Å²) in [4.78, 5) is 29.9. The molecule has 1 aromatic carbocycles. The number of anilines is 3. The lowest BCUT2D eigenvalue weighted by Gasteiger charge is -2.08. The van der Waals surface area contributed by atoms with Gasteiger partial charge in [-0.1, -0.05) is 35.6 Å². The molecule has 0 bridgehead atoms. The highest BCUT2D eigenvalue weighted by molar-refractivity contribution is 7.73. The number of rotatable bonds is 6. The third kappa shape index (κ3) is 3.91. The van der Waals surface area contributed by atoms with Gasteiger partial charge >= 0.3 is 0 Å². The molecule has 4 aromatic rings. The van der Waals surface area contributed by atoms with Crippen LogP contribution in [0.15, 0.2) is 54.1 Å². The van der Waals surface area contributed by atoms with E-state index in [4.69, 9.17) is 18.0 Å². The number of hydrogen-bond acceptors (Lipinski definition) is 9. The van der Waals surface area contributed by atoms with Crippen LogP contribution in [0.1, 0.15) is 5.82 Å². The van der Waals surface area contributed by atoms with E-state index in [2.05, 4.69) is 31.8 Å². The molecule has 4 rings (SSSR count). The van der Waals surface area contributed by atoms with Crippen LogP contribution in [-0.2, 0) is 13.1 Å². The fourth-order valence-electron chi connectivity index (χ4n) is 2.74. The predicted octanol–water partition coefficient (Wildman–Crippen LogP) is 2.73. The summed E-state index contributed by atoms with van der Waals surface area (Å²) in [6.07, 6.45) is 3.17. The number of thiazole rings is 1. The summed E-state index contributed by atoms with van der Waals surface area (Å²) in [5.41, 5.74) is 6.96. The van der Waals surface area contributed by atoms with Gasteiger partial charge in [0, 0.05) is 12.2 Å². The van der Waals surface area contributed by atoms with E-state index in [1.165, 1.54) is 22.2 Å². The minimum absolute atomic E-state index is 0.0586. The lowest BCUT2D eigenvalue weighted by Crippen LogP contribution is -2.22. The third-order valence-corrected chi connectivity index (χ3v) is 5.42. The van der Waals surface area contributed by atoms with E-state index in [-0.39, 0.29) is 18.1 Å². The Bertz CT molecular complexity index is 1310. The first-order valence-electron chi connectivity index (χ1n) is 8.57. The number of nitrogens with two attached hydrogens (primary N) is 1. The number of nitrogen functional groups attached to an aromatic ring is 1. The molecule has 0 spiro atoms. The number of fused-ring (bicyclic) bond motifs is 1. The fourth-order valence-corrected chi connectivity index (χ4v) is 4.06. The molecule has 11 heteroatoms. The smallest absolute Gasteiger partial charge is 0.273 e. The Morgan fingerprint density at radius 2 is 2.03 bits per heavy atom. The van der Waals surface area contributed by atoms with Crippen LogP contribution in [0.25, 0.3) is 10.3 Å². The Morgan fingerprint density at radius 3 is 2.79 bits per heavy atom. The summed E-state index contributed by atoms with van der Waals surface area (Å²) >= 11 is 6.56. The maximum absolute atomic E-state index is 12.9. The molecule has 29 heavy (non-hydrogen) atoms. The van der Waals surface area contributed by atoms with Crippen molar-refractivity contribution in [2.75, 3.05) is 11.1 Å². The molecule has 0 aliphatic rings. The van der Waals surface area contributed by atoms with Gasteiger partial charge in [-0.3, -0.25) is 9.36 Å². The quantitative estimate of drug-likeness (QED) is 0.358. The minimum Gasteiger partial charge on any atom is -0.368 e. The number of para-hydroxylation sites is 1. The van der Waals surface area contributed by atoms with E-state index in [9.17, 15) is 4.79 Å². The number of nitrogens with one attached hydrogen (secondary N) is 1. The highest BCUT2D eigenvalue weighted by atomic mass is 32.1. The Balaban J connectivity index is 1.68. The largest absolute Gasteiger partial charge is 0.368 e. The van der Waals surface area contributed by atoms with Crippen molar-refractivity contribution < 1.29 is 0 Å². The van der Waals surface area contributed by atoms with Crippen molar-refractivity contribution in [3.63, 3.8) is 0 Å². The summed E-state index contributed by atoms with van der Waals surface area (Å²) in [7, 11) is 0. The van der Waals surface area contributed by atoms with Gasteiger partial charge in [0.05, 0.1) is 6.54 Å². The van der Waals surface area contributed by atoms with E-state index in [1.807, 2.05) is 30.3 Å². The van der Waals surface area contributed by atoms with Crippen molar-refractivity contribution in [2.24, 2.45) is 0 Å². The number of benzene rings is 1. The zero-order valence-electron chi connectivity index (χ0n) is 15.1. The number of nitrogens with zero attached hydrogens (tertiary/aromatic N) is 6. The van der Waals surface area contributed by atoms with Crippen LogP contribution in [-0.4, -0.2) is 29.1 Å². The second-order valence-electron chi connectivity index (χ2n) is 6.02. The molecule has 0 unspecified atom stereocenters. The highest BCUT2D eigenvalue weighted by Gasteiger charge is 2.13. The van der Waals surface area contributed by atoms with Gasteiger partial charge in [-0.2, -0.15) is 15.0 Å². The van der Waals surface area contributed by atoms with Crippen LogP contribution in [0.4, 0.5) is 17.6 Å². The first kappa shape index (κ1) is 18.9. The molecule has 0 saturated heterocycles. The maximum atomic E-state index is 12.9. The van der Waals surface area contributed by atoms with E-state index in [0.717, 1.165) is 5.69 Å². The van der Waals surface area contributed by atoms with E-state index in [1.54, 1.807) is 10.6 Å². The Hall–Kier alpha value is -3.44. The molecule has 9 nitrogen and oxygen atoms in total. The molecule has 3 N–H and O–H groups in total. The lowest BCUT2D eigenvalue weighted by atomic mass is 10.3. The first-order valence-corrected chi connectivity index (χ1v) is 9.80. The molecule has 0 radical (unpaired) electrons. The number of aromatic nitrogens is 6. The van der Waals surface area contributed by atoms with Crippen molar-refractivity contribution >= 4 is 51.5 Å². The lowest BCUT2D eigenvalue weighted by molar-refractivity contribution is 0.700. The van der Waals surface area contributed by atoms with Crippen LogP contribution in [0.5, 0.6) is 0 Å². The second-order valence-corrected chi connectivity index (χ2v) is 7.67. The number of allylic oxidation sites excluding steroid dienone is 1. The average Bonchev–Trinajstić information content (AvgIpc) is 3.01. The summed E-state index contributed by atoms with van der Waals surface area (Å²) in [6, 6.07) is 9.45. The van der Waals surface area contributed by atoms with Crippen LogP contribution < -0.4 is 16.6 Å². The molecular weight excluding hydrogens is 408 g/mol. The van der Waals surface area contributed by atoms with Crippen molar-refractivity contribution in [3.8, 4) is 0 Å². The summed E-state index contributed by atoms with van der Waals surface area (Å²) in [5, 5.41) is 3.07. The Morgan fingerprint density at radius 1 is 1.24 bits per heavy atom. The molecule has 0 fully saturated rings. The zero-order valence-corrected chi connectivity index (χ0v) is 16.8. The van der Waals surface area contributed by atoms with Gasteiger partial charge in [0.25, 0.3) is 5.56 Å². The van der Waals surface area contributed by atoms with E-state index < -0.39 is 0 Å². The van der Waals surface area contributed by atoms with Crippen molar-refractivity contribution in [1.82, 2.24) is 29.1 Å². The van der Waals surface area contributed by atoms with Crippen molar-refractivity contribution in [2.45, 2.75) is 13.1 Å². The van der Waals surface area contributed by atoms with Crippen LogP contribution in [0, 0.1) is 3.95 Å². The van der Waals surface area contributed by atoms with Gasteiger partial charge in [-0.05, 0) is 24.4 Å². The molecule has 3 heterocycles. The standard InChI is InChI=1S/C18H16N8OS2/c1-2-8-26-14-13(29-18(26)28)15(27)25(10-20-14)9-12-22-16(19)24-17(23-12)21-11-6-4-3-5-7-11/h2-7,10H,1,8-9H2,(H3,19,21,22,23,24). The predicted molar refractivity (Wildman–Crippen MR) is 116 cm³/mol.